The summed E-state index contributed by atoms with van der Waals surface area (Å²) in [4.78, 5) is 12.3. The van der Waals surface area contributed by atoms with Gasteiger partial charge in [-0.3, -0.25) is 4.79 Å². The second-order valence-electron chi connectivity index (χ2n) is 5.22. The summed E-state index contributed by atoms with van der Waals surface area (Å²) in [5.74, 6) is -0.286. The molecule has 1 aromatic carbocycles. The number of sulfone groups is 1. The normalized spacial score (nSPS) is 19.0. The minimum atomic E-state index is -3.36. The van der Waals surface area contributed by atoms with Crippen LogP contribution in [0, 0.1) is 0 Å². The zero-order valence-electron chi connectivity index (χ0n) is 11.2. The summed E-state index contributed by atoms with van der Waals surface area (Å²) < 4.78 is 25.0. The first-order valence-corrected chi connectivity index (χ1v) is 8.46. The largest absolute Gasteiger partial charge is 0.293 e. The van der Waals surface area contributed by atoms with E-state index in [4.69, 9.17) is 0 Å². The van der Waals surface area contributed by atoms with Gasteiger partial charge in [0.15, 0.2) is 15.6 Å². The number of carbonyl (C=O) groups is 1. The molecule has 0 radical (unpaired) electrons. The number of hydrogen-bond donors (Lipinski definition) is 0. The van der Waals surface area contributed by atoms with Gasteiger partial charge in [0, 0.05) is 5.56 Å². The molecular weight excluding hydrogens is 260 g/mol. The second-order valence-corrected chi connectivity index (χ2v) is 7.77. The maximum atomic E-state index is 12.5. The van der Waals surface area contributed by atoms with Crippen molar-refractivity contribution >= 4 is 15.6 Å². The van der Waals surface area contributed by atoms with Gasteiger partial charge in [-0.05, 0) is 19.8 Å². The van der Waals surface area contributed by atoms with Gasteiger partial charge in [-0.15, -0.1) is 0 Å². The highest BCUT2D eigenvalue weighted by molar-refractivity contribution is 7.93. The zero-order valence-corrected chi connectivity index (χ0v) is 12.0. The van der Waals surface area contributed by atoms with Crippen LogP contribution in [0.3, 0.4) is 0 Å². The third-order valence-electron chi connectivity index (χ3n) is 3.94. The molecule has 2 rings (SSSR count). The van der Waals surface area contributed by atoms with Crippen LogP contribution in [0.25, 0.3) is 0 Å². The highest BCUT2D eigenvalue weighted by atomic mass is 32.2. The van der Waals surface area contributed by atoms with Crippen LogP contribution in [0.2, 0.25) is 0 Å². The Morgan fingerprint density at radius 2 is 1.68 bits per heavy atom. The first-order valence-electron chi connectivity index (χ1n) is 6.85. The van der Waals surface area contributed by atoms with Crippen molar-refractivity contribution in [2.45, 2.75) is 49.5 Å². The van der Waals surface area contributed by atoms with E-state index in [-0.39, 0.29) is 11.0 Å². The lowest BCUT2D eigenvalue weighted by Gasteiger charge is -2.24. The maximum absolute atomic E-state index is 12.5. The van der Waals surface area contributed by atoms with E-state index < -0.39 is 15.1 Å². The SMILES string of the molecule is CC(C(=O)c1ccccc1)S(=O)(=O)C1CCCCC1. The molecule has 1 saturated carbocycles. The van der Waals surface area contributed by atoms with Crippen LogP contribution in [0.15, 0.2) is 30.3 Å². The van der Waals surface area contributed by atoms with Crippen molar-refractivity contribution in [1.29, 1.82) is 0 Å². The Balaban J connectivity index is 2.18. The molecule has 3 nitrogen and oxygen atoms in total. The highest BCUT2D eigenvalue weighted by Gasteiger charge is 2.36. The molecule has 0 bridgehead atoms. The van der Waals surface area contributed by atoms with Crippen molar-refractivity contribution in [3.05, 3.63) is 35.9 Å². The summed E-state index contributed by atoms with van der Waals surface area (Å²) in [6.45, 7) is 1.53. The van der Waals surface area contributed by atoms with E-state index in [2.05, 4.69) is 0 Å². The van der Waals surface area contributed by atoms with Crippen molar-refractivity contribution in [3.8, 4) is 0 Å². The molecular formula is C15H20O3S. The van der Waals surface area contributed by atoms with Gasteiger partial charge in [0.2, 0.25) is 0 Å². The molecule has 19 heavy (non-hydrogen) atoms. The van der Waals surface area contributed by atoms with E-state index in [1.54, 1.807) is 24.3 Å². The fourth-order valence-electron chi connectivity index (χ4n) is 2.67. The molecule has 4 heteroatoms. The van der Waals surface area contributed by atoms with E-state index >= 15 is 0 Å². The lowest BCUT2D eigenvalue weighted by atomic mass is 10.0. The minimum absolute atomic E-state index is 0.286. The molecule has 1 aromatic rings. The molecule has 0 amide bonds. The number of hydrogen-bond acceptors (Lipinski definition) is 3. The van der Waals surface area contributed by atoms with Gasteiger partial charge in [0.05, 0.1) is 5.25 Å². The Morgan fingerprint density at radius 1 is 1.11 bits per heavy atom. The van der Waals surface area contributed by atoms with Gasteiger partial charge in [0.25, 0.3) is 0 Å². The van der Waals surface area contributed by atoms with Crippen molar-refractivity contribution in [2.24, 2.45) is 0 Å². The second kappa shape index (κ2) is 5.87. The van der Waals surface area contributed by atoms with Crippen LogP contribution in [-0.4, -0.2) is 24.7 Å². The van der Waals surface area contributed by atoms with Crippen molar-refractivity contribution in [3.63, 3.8) is 0 Å². The number of rotatable bonds is 4. The summed E-state index contributed by atoms with van der Waals surface area (Å²) in [6.07, 6.45) is 4.42. The first kappa shape index (κ1) is 14.3. The van der Waals surface area contributed by atoms with Gasteiger partial charge in [-0.1, -0.05) is 49.6 Å². The third kappa shape index (κ3) is 3.06. The van der Waals surface area contributed by atoms with Crippen LogP contribution in [0.1, 0.15) is 49.4 Å². The van der Waals surface area contributed by atoms with Gasteiger partial charge in [-0.25, -0.2) is 8.42 Å². The minimum Gasteiger partial charge on any atom is -0.293 e. The first-order chi connectivity index (χ1) is 9.03. The van der Waals surface area contributed by atoms with Gasteiger partial charge in [0.1, 0.15) is 5.25 Å². The molecule has 0 saturated heterocycles. The predicted octanol–water partition coefficient (Wildman–Crippen LogP) is 3.01. The van der Waals surface area contributed by atoms with E-state index in [9.17, 15) is 13.2 Å². The number of carbonyl (C=O) groups excluding carboxylic acids is 1. The molecule has 1 aliphatic rings. The van der Waals surface area contributed by atoms with Crippen LogP contribution < -0.4 is 0 Å². The average Bonchev–Trinajstić information content (AvgIpc) is 2.47. The summed E-state index contributed by atoms with van der Waals surface area (Å²) in [5.41, 5.74) is 0.481. The lowest BCUT2D eigenvalue weighted by molar-refractivity contribution is 0.0991. The van der Waals surface area contributed by atoms with Gasteiger partial charge in [-0.2, -0.15) is 0 Å². The summed E-state index contributed by atoms with van der Waals surface area (Å²) in [6, 6.07) is 8.68. The fraction of sp³-hybridized carbons (Fsp3) is 0.533. The standard InChI is InChI=1S/C15H20O3S/c1-12(15(16)13-8-4-2-5-9-13)19(17,18)14-10-6-3-7-11-14/h2,4-5,8-9,12,14H,3,6-7,10-11H2,1H3. The molecule has 0 heterocycles. The van der Waals surface area contributed by atoms with E-state index in [1.165, 1.54) is 6.92 Å². The summed E-state index contributed by atoms with van der Waals surface area (Å²) >= 11 is 0. The molecule has 1 fully saturated rings. The highest BCUT2D eigenvalue weighted by Crippen LogP contribution is 2.27. The Hall–Kier alpha value is -1.16. The lowest BCUT2D eigenvalue weighted by Crippen LogP contribution is -2.36. The Kier molecular flexibility index (Phi) is 4.40. The van der Waals surface area contributed by atoms with Crippen LogP contribution in [0.5, 0.6) is 0 Å². The summed E-state index contributed by atoms with van der Waals surface area (Å²) in [7, 11) is -3.36. The Morgan fingerprint density at radius 3 is 2.26 bits per heavy atom. The molecule has 0 aromatic heterocycles. The smallest absolute Gasteiger partial charge is 0.180 e. The zero-order chi connectivity index (χ0) is 13.9. The van der Waals surface area contributed by atoms with Crippen molar-refractivity contribution in [2.75, 3.05) is 0 Å². The topological polar surface area (TPSA) is 51.2 Å². The quantitative estimate of drug-likeness (QED) is 0.797. The predicted molar refractivity (Wildman–Crippen MR) is 76.0 cm³/mol. The average molecular weight is 280 g/mol. The van der Waals surface area contributed by atoms with E-state index in [0.29, 0.717) is 18.4 Å². The van der Waals surface area contributed by atoms with E-state index in [1.807, 2.05) is 6.07 Å². The molecule has 0 N–H and O–H groups in total. The van der Waals surface area contributed by atoms with Gasteiger partial charge < -0.3 is 0 Å². The molecule has 1 unspecified atom stereocenters. The number of Topliss-reactive ketones (excluding diaryl/α,β-unsaturated/α-hetero) is 1. The van der Waals surface area contributed by atoms with Crippen LogP contribution in [-0.2, 0) is 9.84 Å². The molecule has 1 aliphatic carbocycles. The third-order valence-corrected chi connectivity index (χ3v) is 6.54. The fourth-order valence-corrected chi connectivity index (χ4v) is 4.67. The Labute approximate surface area is 114 Å². The van der Waals surface area contributed by atoms with Crippen molar-refractivity contribution in [1.82, 2.24) is 0 Å². The molecule has 104 valence electrons. The number of benzene rings is 1. The van der Waals surface area contributed by atoms with Crippen LogP contribution >= 0.6 is 0 Å². The molecule has 0 aliphatic heterocycles. The molecule has 0 spiro atoms. The van der Waals surface area contributed by atoms with Crippen LogP contribution in [0.4, 0.5) is 0 Å². The Bertz CT molecular complexity index is 528. The summed E-state index contributed by atoms with van der Waals surface area (Å²) in [5, 5.41) is -1.26. The number of ketones is 1. The molecule has 1 atom stereocenters. The maximum Gasteiger partial charge on any atom is 0.180 e. The monoisotopic (exact) mass is 280 g/mol. The van der Waals surface area contributed by atoms with E-state index in [0.717, 1.165) is 19.3 Å². The van der Waals surface area contributed by atoms with Crippen molar-refractivity contribution < 1.29 is 13.2 Å². The van der Waals surface area contributed by atoms with Gasteiger partial charge >= 0.3 is 0 Å².